The van der Waals surface area contributed by atoms with Gasteiger partial charge in [0.2, 0.25) is 0 Å². The zero-order valence-corrected chi connectivity index (χ0v) is 12.6. The number of benzene rings is 1. The second-order valence-electron chi connectivity index (χ2n) is 4.43. The van der Waals surface area contributed by atoms with Crippen molar-refractivity contribution in [2.75, 3.05) is 0 Å². The second-order valence-corrected chi connectivity index (χ2v) is 6.21. The fourth-order valence-electron chi connectivity index (χ4n) is 1.51. The molecule has 96 valence electrons. The average molecular weight is 329 g/mol. The number of hydrogen-bond donors (Lipinski definition) is 1. The monoisotopic (exact) mass is 328 g/mol. The van der Waals surface area contributed by atoms with E-state index >= 15 is 0 Å². The van der Waals surface area contributed by atoms with Crippen molar-refractivity contribution in [3.8, 4) is 11.3 Å². The Kier molecular flexibility index (Phi) is 3.84. The van der Waals surface area contributed by atoms with E-state index in [-0.39, 0.29) is 5.82 Å². The maximum atomic E-state index is 13.8. The highest BCUT2D eigenvalue weighted by molar-refractivity contribution is 9.10. The predicted molar refractivity (Wildman–Crippen MR) is 77.0 cm³/mol. The Morgan fingerprint density at radius 3 is 2.83 bits per heavy atom. The molecule has 0 saturated heterocycles. The molecule has 0 aliphatic heterocycles. The van der Waals surface area contributed by atoms with Crippen LogP contribution >= 0.6 is 27.3 Å². The second kappa shape index (κ2) is 5.07. The number of nitrogens with zero attached hydrogens (tertiary/aromatic N) is 1. The van der Waals surface area contributed by atoms with E-state index < -0.39 is 5.54 Å². The van der Waals surface area contributed by atoms with E-state index in [4.69, 9.17) is 5.73 Å². The summed E-state index contributed by atoms with van der Waals surface area (Å²) in [6, 6.07) is 4.97. The van der Waals surface area contributed by atoms with Crippen LogP contribution in [0.4, 0.5) is 4.39 Å². The Bertz CT molecular complexity index is 566. The average Bonchev–Trinajstić information content (AvgIpc) is 2.79. The van der Waals surface area contributed by atoms with Crippen molar-refractivity contribution in [1.82, 2.24) is 4.98 Å². The van der Waals surface area contributed by atoms with Gasteiger partial charge in [-0.05, 0) is 31.5 Å². The quantitative estimate of drug-likeness (QED) is 0.912. The zero-order chi connectivity index (χ0) is 13.3. The normalized spacial score (nSPS) is 14.5. The molecule has 0 bridgehead atoms. The standard InChI is InChI=1S/C13H14BrFN2S/c1-3-13(2,16)12-17-11(7-18-12)9-5-4-8(14)6-10(9)15/h4-7H,3,16H2,1-2H3. The molecule has 1 heterocycles. The molecule has 0 amide bonds. The number of aromatic nitrogens is 1. The van der Waals surface area contributed by atoms with Gasteiger partial charge in [0, 0.05) is 15.4 Å². The maximum Gasteiger partial charge on any atom is 0.133 e. The van der Waals surface area contributed by atoms with Gasteiger partial charge in [-0.25, -0.2) is 9.37 Å². The summed E-state index contributed by atoms with van der Waals surface area (Å²) in [6.45, 7) is 3.95. The lowest BCUT2D eigenvalue weighted by atomic mass is 10.0. The maximum absolute atomic E-state index is 13.8. The molecule has 18 heavy (non-hydrogen) atoms. The summed E-state index contributed by atoms with van der Waals surface area (Å²) in [5.41, 5.74) is 6.84. The van der Waals surface area contributed by atoms with E-state index in [1.54, 1.807) is 12.1 Å². The summed E-state index contributed by atoms with van der Waals surface area (Å²) in [5, 5.41) is 2.69. The molecule has 0 aliphatic carbocycles. The van der Waals surface area contributed by atoms with Crippen LogP contribution in [0.2, 0.25) is 0 Å². The molecule has 1 aromatic carbocycles. The topological polar surface area (TPSA) is 38.9 Å². The molecule has 2 aromatic rings. The van der Waals surface area contributed by atoms with Gasteiger partial charge in [0.1, 0.15) is 10.8 Å². The summed E-state index contributed by atoms with van der Waals surface area (Å²) < 4.78 is 14.5. The fourth-order valence-corrected chi connectivity index (χ4v) is 2.81. The molecule has 0 spiro atoms. The largest absolute Gasteiger partial charge is 0.320 e. The van der Waals surface area contributed by atoms with Crippen molar-refractivity contribution in [1.29, 1.82) is 0 Å². The molecule has 5 heteroatoms. The third-order valence-electron chi connectivity index (χ3n) is 2.93. The van der Waals surface area contributed by atoms with Crippen molar-refractivity contribution in [2.45, 2.75) is 25.8 Å². The third kappa shape index (κ3) is 2.63. The summed E-state index contributed by atoms with van der Waals surface area (Å²) >= 11 is 4.71. The van der Waals surface area contributed by atoms with Gasteiger partial charge in [-0.15, -0.1) is 11.3 Å². The van der Waals surface area contributed by atoms with Crippen molar-refractivity contribution >= 4 is 27.3 Å². The van der Waals surface area contributed by atoms with Gasteiger partial charge in [-0.1, -0.05) is 22.9 Å². The first kappa shape index (κ1) is 13.6. The van der Waals surface area contributed by atoms with Gasteiger partial charge < -0.3 is 5.73 Å². The lowest BCUT2D eigenvalue weighted by Crippen LogP contribution is -2.31. The minimum atomic E-state index is -0.450. The first-order valence-electron chi connectivity index (χ1n) is 5.64. The SMILES string of the molecule is CCC(C)(N)c1nc(-c2ccc(Br)cc2F)cs1. The number of thiazole rings is 1. The van der Waals surface area contributed by atoms with E-state index in [0.717, 1.165) is 15.9 Å². The molecule has 2 rings (SSSR count). The van der Waals surface area contributed by atoms with Gasteiger partial charge in [-0.2, -0.15) is 0 Å². The molecule has 1 unspecified atom stereocenters. The van der Waals surface area contributed by atoms with Crippen LogP contribution in [0, 0.1) is 5.82 Å². The smallest absolute Gasteiger partial charge is 0.133 e. The molecule has 1 aromatic heterocycles. The van der Waals surface area contributed by atoms with Gasteiger partial charge >= 0.3 is 0 Å². The lowest BCUT2D eigenvalue weighted by molar-refractivity contribution is 0.474. The Balaban J connectivity index is 2.41. The van der Waals surface area contributed by atoms with Crippen LogP contribution in [0.5, 0.6) is 0 Å². The molecular formula is C13H14BrFN2S. The van der Waals surface area contributed by atoms with E-state index in [2.05, 4.69) is 20.9 Å². The number of rotatable bonds is 3. The minimum Gasteiger partial charge on any atom is -0.320 e. The fraction of sp³-hybridized carbons (Fsp3) is 0.308. The Morgan fingerprint density at radius 2 is 2.22 bits per heavy atom. The third-order valence-corrected chi connectivity index (χ3v) is 4.55. The van der Waals surface area contributed by atoms with Gasteiger partial charge in [0.25, 0.3) is 0 Å². The number of halogens is 2. The van der Waals surface area contributed by atoms with Crippen molar-refractivity contribution < 1.29 is 4.39 Å². The van der Waals surface area contributed by atoms with Crippen LogP contribution in [0.1, 0.15) is 25.3 Å². The summed E-state index contributed by atoms with van der Waals surface area (Å²) in [4.78, 5) is 4.45. The Morgan fingerprint density at radius 1 is 1.50 bits per heavy atom. The summed E-state index contributed by atoms with van der Waals surface area (Å²) in [7, 11) is 0. The molecule has 0 aliphatic rings. The van der Waals surface area contributed by atoms with Crippen LogP contribution in [-0.2, 0) is 5.54 Å². The molecular weight excluding hydrogens is 315 g/mol. The molecule has 0 saturated carbocycles. The van der Waals surface area contributed by atoms with Crippen LogP contribution in [0.25, 0.3) is 11.3 Å². The van der Waals surface area contributed by atoms with Crippen molar-refractivity contribution in [3.63, 3.8) is 0 Å². The Hall–Kier alpha value is -0.780. The van der Waals surface area contributed by atoms with Crippen molar-refractivity contribution in [2.24, 2.45) is 5.73 Å². The van der Waals surface area contributed by atoms with E-state index in [9.17, 15) is 4.39 Å². The molecule has 1 atom stereocenters. The number of hydrogen-bond acceptors (Lipinski definition) is 3. The minimum absolute atomic E-state index is 0.281. The Labute approximate surface area is 118 Å². The molecule has 0 radical (unpaired) electrons. The lowest BCUT2D eigenvalue weighted by Gasteiger charge is -2.18. The van der Waals surface area contributed by atoms with E-state index in [1.165, 1.54) is 17.4 Å². The van der Waals surface area contributed by atoms with Crippen LogP contribution in [-0.4, -0.2) is 4.98 Å². The highest BCUT2D eigenvalue weighted by atomic mass is 79.9. The zero-order valence-electron chi connectivity index (χ0n) is 10.2. The summed E-state index contributed by atoms with van der Waals surface area (Å²) in [5.74, 6) is -0.281. The van der Waals surface area contributed by atoms with Gasteiger partial charge in [0.05, 0.1) is 11.2 Å². The predicted octanol–water partition coefficient (Wildman–Crippen LogP) is 4.30. The van der Waals surface area contributed by atoms with Gasteiger partial charge in [0.15, 0.2) is 0 Å². The highest BCUT2D eigenvalue weighted by Crippen LogP contribution is 2.31. The van der Waals surface area contributed by atoms with E-state index in [1.807, 2.05) is 19.2 Å². The van der Waals surface area contributed by atoms with E-state index in [0.29, 0.717) is 11.3 Å². The first-order valence-corrected chi connectivity index (χ1v) is 7.31. The number of nitrogens with two attached hydrogens (primary N) is 1. The molecule has 0 fully saturated rings. The summed E-state index contributed by atoms with van der Waals surface area (Å²) in [6.07, 6.45) is 0.794. The molecule has 2 nitrogen and oxygen atoms in total. The molecule has 2 N–H and O–H groups in total. The van der Waals surface area contributed by atoms with Crippen LogP contribution < -0.4 is 5.73 Å². The van der Waals surface area contributed by atoms with Crippen molar-refractivity contribution in [3.05, 3.63) is 38.9 Å². The first-order chi connectivity index (χ1) is 8.44. The highest BCUT2D eigenvalue weighted by Gasteiger charge is 2.23. The van der Waals surface area contributed by atoms with Crippen LogP contribution in [0.3, 0.4) is 0 Å². The van der Waals surface area contributed by atoms with Gasteiger partial charge in [-0.3, -0.25) is 0 Å². The van der Waals surface area contributed by atoms with Crippen LogP contribution in [0.15, 0.2) is 28.1 Å².